The Hall–Kier alpha value is -2.01. The van der Waals surface area contributed by atoms with E-state index in [4.69, 9.17) is 27.9 Å². The normalized spacial score (nSPS) is 12.7. The van der Waals surface area contributed by atoms with E-state index in [1.54, 1.807) is 18.2 Å². The van der Waals surface area contributed by atoms with E-state index < -0.39 is 0 Å². The molecule has 1 aliphatic carbocycles. The number of carbonyl (C=O) groups excluding carboxylic acids is 1. The molecule has 138 valence electrons. The van der Waals surface area contributed by atoms with Crippen LogP contribution in [0.15, 0.2) is 47.8 Å². The molecule has 1 amide bonds. The summed E-state index contributed by atoms with van der Waals surface area (Å²) in [4.78, 5) is 13.1. The maximum absolute atomic E-state index is 12.5. The topological polar surface area (TPSA) is 38.3 Å². The minimum absolute atomic E-state index is 0.237. The number of fused-ring (bicyclic) bond motifs is 1. The Balaban J connectivity index is 1.40. The van der Waals surface area contributed by atoms with Gasteiger partial charge in [0.25, 0.3) is 5.91 Å². The molecule has 27 heavy (non-hydrogen) atoms. The molecule has 0 aliphatic heterocycles. The number of aryl methyl sites for hydroxylation is 2. The molecule has 1 aliphatic rings. The van der Waals surface area contributed by atoms with Crippen molar-refractivity contribution in [3.05, 3.63) is 79.5 Å². The number of nitrogens with one attached hydrogen (secondary N) is 1. The van der Waals surface area contributed by atoms with Gasteiger partial charge in [-0.3, -0.25) is 4.79 Å². The summed E-state index contributed by atoms with van der Waals surface area (Å²) in [6.07, 6.45) is 3.51. The van der Waals surface area contributed by atoms with Crippen molar-refractivity contribution in [3.63, 3.8) is 0 Å². The van der Waals surface area contributed by atoms with Crippen LogP contribution < -0.4 is 10.1 Å². The van der Waals surface area contributed by atoms with E-state index in [-0.39, 0.29) is 5.91 Å². The van der Waals surface area contributed by atoms with Gasteiger partial charge in [0.15, 0.2) is 0 Å². The zero-order valence-corrected chi connectivity index (χ0v) is 16.8. The Morgan fingerprint density at radius 1 is 1.07 bits per heavy atom. The van der Waals surface area contributed by atoms with Gasteiger partial charge in [-0.1, -0.05) is 35.3 Å². The number of benzene rings is 2. The van der Waals surface area contributed by atoms with E-state index in [0.717, 1.165) is 24.2 Å². The first-order valence-corrected chi connectivity index (χ1v) is 10.3. The summed E-state index contributed by atoms with van der Waals surface area (Å²) >= 11 is 13.6. The second-order valence-corrected chi connectivity index (χ2v) is 8.17. The molecule has 0 saturated carbocycles. The quantitative estimate of drug-likeness (QED) is 0.523. The molecule has 3 nitrogen and oxygen atoms in total. The van der Waals surface area contributed by atoms with E-state index in [0.29, 0.717) is 27.2 Å². The third-order valence-electron chi connectivity index (χ3n) is 4.55. The molecule has 0 fully saturated rings. The van der Waals surface area contributed by atoms with Crippen LogP contribution in [0.25, 0.3) is 0 Å². The number of rotatable bonds is 5. The van der Waals surface area contributed by atoms with E-state index >= 15 is 0 Å². The van der Waals surface area contributed by atoms with Crippen molar-refractivity contribution < 1.29 is 9.53 Å². The van der Waals surface area contributed by atoms with Crippen LogP contribution in [-0.4, -0.2) is 5.91 Å². The van der Waals surface area contributed by atoms with Gasteiger partial charge in [-0.05, 0) is 66.1 Å². The largest absolute Gasteiger partial charge is 0.489 e. The molecule has 0 atom stereocenters. The van der Waals surface area contributed by atoms with Crippen LogP contribution in [0.3, 0.4) is 0 Å². The first kappa shape index (κ1) is 18.4. The predicted molar refractivity (Wildman–Crippen MR) is 112 cm³/mol. The summed E-state index contributed by atoms with van der Waals surface area (Å²) in [6.45, 7) is 0.426. The molecule has 0 radical (unpaired) electrons. The van der Waals surface area contributed by atoms with Crippen LogP contribution in [0.2, 0.25) is 10.0 Å². The highest BCUT2D eigenvalue weighted by molar-refractivity contribution is 7.12. The van der Waals surface area contributed by atoms with Crippen LogP contribution in [-0.2, 0) is 19.4 Å². The average molecular weight is 418 g/mol. The molecule has 0 unspecified atom stereocenters. The highest BCUT2D eigenvalue weighted by Gasteiger charge is 2.14. The molecule has 1 heterocycles. The summed E-state index contributed by atoms with van der Waals surface area (Å²) in [5.74, 6) is 0.634. The molecule has 0 spiro atoms. The van der Waals surface area contributed by atoms with Gasteiger partial charge in [-0.2, -0.15) is 0 Å². The lowest BCUT2D eigenvalue weighted by Gasteiger charge is -2.08. The fraction of sp³-hybridized carbons (Fsp3) is 0.190. The first-order valence-electron chi connectivity index (χ1n) is 8.67. The number of para-hydroxylation sites is 1. The van der Waals surface area contributed by atoms with Crippen LogP contribution in [0.1, 0.15) is 32.8 Å². The smallest absolute Gasteiger partial charge is 0.265 e. The number of ether oxygens (including phenoxy) is 1. The van der Waals surface area contributed by atoms with Crippen LogP contribution in [0.4, 0.5) is 5.69 Å². The Morgan fingerprint density at radius 3 is 2.67 bits per heavy atom. The maximum Gasteiger partial charge on any atom is 0.265 e. The average Bonchev–Trinajstić information content (AvgIpc) is 3.31. The van der Waals surface area contributed by atoms with Gasteiger partial charge < -0.3 is 10.1 Å². The highest BCUT2D eigenvalue weighted by atomic mass is 35.5. The molecular formula is C21H17Cl2NO2S. The number of halogens is 2. The minimum atomic E-state index is -0.237. The van der Waals surface area contributed by atoms with Crippen molar-refractivity contribution in [2.75, 3.05) is 5.32 Å². The number of hydrogen-bond acceptors (Lipinski definition) is 3. The zero-order valence-electron chi connectivity index (χ0n) is 14.4. The third kappa shape index (κ3) is 4.13. The molecule has 0 saturated heterocycles. The standard InChI is InChI=1S/C21H17Cl2NO2S/c22-17-5-2-6-18(23)20(17)24-21(25)19-9-13(12-27-19)11-26-16-8-7-14-3-1-4-15(14)10-16/h2,5-10,12H,1,3-4,11H2,(H,24,25). The summed E-state index contributed by atoms with van der Waals surface area (Å²) in [5, 5.41) is 5.52. The van der Waals surface area contributed by atoms with Gasteiger partial charge in [0, 0.05) is 5.56 Å². The molecule has 6 heteroatoms. The molecular weight excluding hydrogens is 401 g/mol. The second-order valence-electron chi connectivity index (χ2n) is 6.44. The lowest BCUT2D eigenvalue weighted by Crippen LogP contribution is -2.11. The Kier molecular flexibility index (Phi) is 5.39. The van der Waals surface area contributed by atoms with Crippen LogP contribution in [0.5, 0.6) is 5.75 Å². The van der Waals surface area contributed by atoms with Gasteiger partial charge in [-0.15, -0.1) is 11.3 Å². The SMILES string of the molecule is O=C(Nc1c(Cl)cccc1Cl)c1cc(COc2ccc3c(c2)CCC3)cs1. The fourth-order valence-electron chi connectivity index (χ4n) is 3.17. The molecule has 0 bridgehead atoms. The molecule has 2 aromatic carbocycles. The van der Waals surface area contributed by atoms with E-state index in [1.807, 2.05) is 17.5 Å². The molecule has 4 rings (SSSR count). The van der Waals surface area contributed by atoms with Crippen molar-refractivity contribution in [2.24, 2.45) is 0 Å². The monoisotopic (exact) mass is 417 g/mol. The number of anilines is 1. The summed E-state index contributed by atoms with van der Waals surface area (Å²) in [6, 6.07) is 13.2. The maximum atomic E-state index is 12.5. The number of hydrogen-bond donors (Lipinski definition) is 1. The van der Waals surface area contributed by atoms with E-state index in [1.165, 1.54) is 28.9 Å². The summed E-state index contributed by atoms with van der Waals surface area (Å²) in [5.41, 5.74) is 4.19. The number of amides is 1. The van der Waals surface area contributed by atoms with Crippen molar-refractivity contribution in [2.45, 2.75) is 25.9 Å². The first-order chi connectivity index (χ1) is 13.1. The molecule has 3 aromatic rings. The Morgan fingerprint density at radius 2 is 1.85 bits per heavy atom. The number of carbonyl (C=O) groups is 1. The third-order valence-corrected chi connectivity index (χ3v) is 6.16. The van der Waals surface area contributed by atoms with Crippen molar-refractivity contribution in [3.8, 4) is 5.75 Å². The molecule has 1 aromatic heterocycles. The lowest BCUT2D eigenvalue weighted by atomic mass is 10.1. The fourth-order valence-corrected chi connectivity index (χ4v) is 4.45. The van der Waals surface area contributed by atoms with Gasteiger partial charge in [0.05, 0.1) is 20.6 Å². The van der Waals surface area contributed by atoms with Crippen LogP contribution in [0, 0.1) is 0 Å². The predicted octanol–water partition coefficient (Wildman–Crippen LogP) is 6.37. The highest BCUT2D eigenvalue weighted by Crippen LogP contribution is 2.31. The van der Waals surface area contributed by atoms with Crippen molar-refractivity contribution in [1.82, 2.24) is 0 Å². The van der Waals surface area contributed by atoms with Crippen molar-refractivity contribution >= 4 is 46.1 Å². The minimum Gasteiger partial charge on any atom is -0.489 e. The zero-order chi connectivity index (χ0) is 18.8. The summed E-state index contributed by atoms with van der Waals surface area (Å²) in [7, 11) is 0. The van der Waals surface area contributed by atoms with E-state index in [9.17, 15) is 4.79 Å². The Labute approximate surface area is 171 Å². The van der Waals surface area contributed by atoms with E-state index in [2.05, 4.69) is 17.4 Å². The molecule has 1 N–H and O–H groups in total. The van der Waals surface area contributed by atoms with Gasteiger partial charge in [-0.25, -0.2) is 0 Å². The summed E-state index contributed by atoms with van der Waals surface area (Å²) < 4.78 is 5.90. The van der Waals surface area contributed by atoms with Crippen molar-refractivity contribution in [1.29, 1.82) is 0 Å². The second kappa shape index (κ2) is 7.93. The number of thiophene rings is 1. The lowest BCUT2D eigenvalue weighted by molar-refractivity contribution is 0.103. The van der Waals surface area contributed by atoms with Gasteiger partial charge in [0.2, 0.25) is 0 Å². The van der Waals surface area contributed by atoms with Gasteiger partial charge >= 0.3 is 0 Å². The Bertz CT molecular complexity index is 979. The van der Waals surface area contributed by atoms with Gasteiger partial charge in [0.1, 0.15) is 12.4 Å². The van der Waals surface area contributed by atoms with Crippen LogP contribution >= 0.6 is 34.5 Å².